The van der Waals surface area contributed by atoms with Gasteiger partial charge in [0.2, 0.25) is 0 Å². The highest BCUT2D eigenvalue weighted by atomic mass is 16.7. The Bertz CT molecular complexity index is 1390. The maximum Gasteiger partial charge on any atom is 0.295 e. The van der Waals surface area contributed by atoms with Gasteiger partial charge in [-0.2, -0.15) is 5.48 Å². The minimum absolute atomic E-state index is 0.0238. The van der Waals surface area contributed by atoms with Crippen LogP contribution in [-0.2, 0) is 18.1 Å². The van der Waals surface area contributed by atoms with E-state index in [9.17, 15) is 14.7 Å². The van der Waals surface area contributed by atoms with Gasteiger partial charge in [0.25, 0.3) is 5.56 Å². The number of anilines is 2. The van der Waals surface area contributed by atoms with E-state index in [4.69, 9.17) is 26.5 Å². The van der Waals surface area contributed by atoms with Crippen LogP contribution >= 0.6 is 0 Å². The number of hydrogen-bond donors (Lipinski definition) is 7. The first-order chi connectivity index (χ1) is 20.6. The summed E-state index contributed by atoms with van der Waals surface area (Å²) in [5.74, 6) is 0.0971. The number of carbonyl (C=O) groups excluding carboxylic acids is 1. The standard InChI is InChI=1S/C23H27N7O5.C5H13N.C2H6/c1-3-27-22-23(33)30(18(10-28-22)14-4-13(11-31)5-16(24)6-14)12-35-29-9-17-19(32)7-15(21(25)26)8-20(17)34-2;1-4-5(2)6-3;1-2/h4-8,10-11,29,32H,3,9,12,24H2,1-2H3,(H3,25,26)(H,27,28);5-6H,4H2,1-3H3;1-2H3. The smallest absolute Gasteiger partial charge is 0.295 e. The van der Waals surface area contributed by atoms with Crippen LogP contribution in [0.2, 0.25) is 0 Å². The molecule has 1 aromatic heterocycles. The number of aromatic nitrogens is 2. The van der Waals surface area contributed by atoms with Crippen LogP contribution in [0.5, 0.6) is 11.5 Å². The number of methoxy groups -OCH3 is 1. The van der Waals surface area contributed by atoms with Crippen molar-refractivity contribution in [3.8, 4) is 22.8 Å². The number of hydroxylamine groups is 1. The summed E-state index contributed by atoms with van der Waals surface area (Å²) in [6, 6.07) is 8.30. The topological polar surface area (TPSA) is 203 Å². The van der Waals surface area contributed by atoms with Gasteiger partial charge in [-0.25, -0.2) is 4.98 Å². The number of hydrogen-bond acceptors (Lipinski definition) is 11. The monoisotopic (exact) mass is 598 g/mol. The molecule has 0 fully saturated rings. The van der Waals surface area contributed by atoms with E-state index in [-0.39, 0.29) is 30.7 Å². The molecule has 13 nitrogen and oxygen atoms in total. The van der Waals surface area contributed by atoms with Crippen molar-refractivity contribution in [2.75, 3.05) is 31.8 Å². The van der Waals surface area contributed by atoms with Gasteiger partial charge < -0.3 is 31.9 Å². The number of rotatable bonds is 13. The molecule has 13 heteroatoms. The molecule has 2 aromatic carbocycles. The SMILES string of the molecule is CC.CCC(C)NC.CCNc1ncc(-c2cc(N)cc(C=O)c2)n(CONCc2c(O)cc(C(=N)N)cc2OC)c1=O. The summed E-state index contributed by atoms with van der Waals surface area (Å²) in [6.45, 7) is 10.5. The maximum absolute atomic E-state index is 13.0. The van der Waals surface area contributed by atoms with E-state index in [1.54, 1.807) is 12.1 Å². The van der Waals surface area contributed by atoms with Crippen molar-refractivity contribution < 1.29 is 19.5 Å². The third kappa shape index (κ3) is 10.7. The molecule has 0 bridgehead atoms. The second-order valence-electron chi connectivity index (χ2n) is 9.04. The summed E-state index contributed by atoms with van der Waals surface area (Å²) in [4.78, 5) is 34.1. The number of nitrogens with one attached hydrogen (secondary N) is 4. The Hall–Kier alpha value is -4.46. The zero-order valence-corrected chi connectivity index (χ0v) is 26.1. The van der Waals surface area contributed by atoms with Crippen LogP contribution in [0.3, 0.4) is 0 Å². The first-order valence-electron chi connectivity index (χ1n) is 14.1. The highest BCUT2D eigenvalue weighted by molar-refractivity contribution is 5.96. The highest BCUT2D eigenvalue weighted by Gasteiger charge is 2.15. The van der Waals surface area contributed by atoms with Gasteiger partial charge in [0.15, 0.2) is 5.82 Å². The molecule has 3 rings (SSSR count). The summed E-state index contributed by atoms with van der Waals surface area (Å²) < 4.78 is 6.61. The van der Waals surface area contributed by atoms with E-state index in [0.29, 0.717) is 58.3 Å². The molecule has 1 unspecified atom stereocenters. The van der Waals surface area contributed by atoms with Crippen LogP contribution in [0, 0.1) is 5.41 Å². The minimum Gasteiger partial charge on any atom is -0.507 e. The number of nitrogens with two attached hydrogens (primary N) is 2. The van der Waals surface area contributed by atoms with Gasteiger partial charge >= 0.3 is 0 Å². The molecule has 0 radical (unpaired) electrons. The zero-order valence-electron chi connectivity index (χ0n) is 26.1. The lowest BCUT2D eigenvalue weighted by Gasteiger charge is -2.17. The number of amidine groups is 1. The molecule has 0 aliphatic carbocycles. The number of aromatic hydroxyl groups is 1. The van der Waals surface area contributed by atoms with Gasteiger partial charge in [-0.3, -0.25) is 24.4 Å². The Balaban J connectivity index is 0.00000103. The maximum atomic E-state index is 13.0. The van der Waals surface area contributed by atoms with Crippen molar-refractivity contribution in [3.05, 3.63) is 63.6 Å². The van der Waals surface area contributed by atoms with Crippen molar-refractivity contribution in [3.63, 3.8) is 0 Å². The summed E-state index contributed by atoms with van der Waals surface area (Å²) in [5, 5.41) is 23.9. The average molecular weight is 599 g/mol. The first kappa shape index (κ1) is 36.6. The Kier molecular flexibility index (Phi) is 16.0. The minimum atomic E-state index is -0.438. The molecular weight excluding hydrogens is 552 g/mol. The predicted octanol–water partition coefficient (Wildman–Crippen LogP) is 3.44. The van der Waals surface area contributed by atoms with Gasteiger partial charge in [0.05, 0.1) is 31.1 Å². The lowest BCUT2D eigenvalue weighted by atomic mass is 10.1. The number of aldehydes is 1. The van der Waals surface area contributed by atoms with Crippen molar-refractivity contribution in [1.29, 1.82) is 5.41 Å². The molecule has 3 aromatic rings. The van der Waals surface area contributed by atoms with E-state index in [2.05, 4.69) is 34.9 Å². The molecule has 236 valence electrons. The summed E-state index contributed by atoms with van der Waals surface area (Å²) in [7, 11) is 3.40. The van der Waals surface area contributed by atoms with Gasteiger partial charge in [0.1, 0.15) is 30.4 Å². The first-order valence-corrected chi connectivity index (χ1v) is 14.1. The number of ether oxygens (including phenoxy) is 1. The van der Waals surface area contributed by atoms with Crippen molar-refractivity contribution in [2.24, 2.45) is 5.73 Å². The molecule has 43 heavy (non-hydrogen) atoms. The molecule has 0 aliphatic rings. The fourth-order valence-corrected chi connectivity index (χ4v) is 3.61. The molecule has 0 amide bonds. The van der Waals surface area contributed by atoms with Gasteiger partial charge in [-0.05, 0) is 57.6 Å². The van der Waals surface area contributed by atoms with E-state index < -0.39 is 5.56 Å². The second kappa shape index (κ2) is 18.9. The molecule has 0 aliphatic heterocycles. The fourth-order valence-electron chi connectivity index (χ4n) is 3.61. The lowest BCUT2D eigenvalue weighted by Crippen LogP contribution is -2.29. The third-order valence-corrected chi connectivity index (χ3v) is 6.17. The Morgan fingerprint density at radius 2 is 1.91 bits per heavy atom. The third-order valence-electron chi connectivity index (χ3n) is 6.17. The van der Waals surface area contributed by atoms with Crippen molar-refractivity contribution in [1.82, 2.24) is 20.3 Å². The van der Waals surface area contributed by atoms with Crippen molar-refractivity contribution in [2.45, 2.75) is 60.4 Å². The molecule has 1 heterocycles. The van der Waals surface area contributed by atoms with Crippen LogP contribution in [0.25, 0.3) is 11.3 Å². The van der Waals surface area contributed by atoms with E-state index >= 15 is 0 Å². The molecule has 0 saturated heterocycles. The normalized spacial score (nSPS) is 10.9. The highest BCUT2D eigenvalue weighted by Crippen LogP contribution is 2.29. The van der Waals surface area contributed by atoms with Crippen LogP contribution in [0.15, 0.2) is 41.3 Å². The van der Waals surface area contributed by atoms with E-state index in [1.165, 1.54) is 42.5 Å². The van der Waals surface area contributed by atoms with Gasteiger partial charge in [-0.15, -0.1) is 0 Å². The summed E-state index contributed by atoms with van der Waals surface area (Å²) in [6.07, 6.45) is 3.37. The van der Waals surface area contributed by atoms with E-state index in [0.717, 1.165) is 0 Å². The zero-order chi connectivity index (χ0) is 32.5. The van der Waals surface area contributed by atoms with E-state index in [1.807, 2.05) is 27.8 Å². The Labute approximate surface area is 253 Å². The molecule has 0 saturated carbocycles. The quantitative estimate of drug-likeness (QED) is 0.0379. The fraction of sp³-hybridized carbons (Fsp3) is 0.400. The second-order valence-corrected chi connectivity index (χ2v) is 9.04. The van der Waals surface area contributed by atoms with Crippen molar-refractivity contribution >= 4 is 23.6 Å². The van der Waals surface area contributed by atoms with Gasteiger partial charge in [0, 0.05) is 35.0 Å². The van der Waals surface area contributed by atoms with Gasteiger partial charge in [-0.1, -0.05) is 20.8 Å². The largest absolute Gasteiger partial charge is 0.507 e. The lowest BCUT2D eigenvalue weighted by molar-refractivity contribution is -0.0111. The number of carbonyl (C=O) groups is 1. The molecular formula is C30H46N8O5. The van der Waals surface area contributed by atoms with Crippen LogP contribution in [0.1, 0.15) is 62.5 Å². The number of nitrogens with zero attached hydrogens (tertiary/aromatic N) is 2. The Morgan fingerprint density at radius 3 is 2.44 bits per heavy atom. The average Bonchev–Trinajstić information content (AvgIpc) is 3.01. The van der Waals surface area contributed by atoms with Crippen LogP contribution in [0.4, 0.5) is 11.5 Å². The molecule has 0 spiro atoms. The number of phenols is 1. The number of nitrogen functional groups attached to an aromatic ring is 2. The summed E-state index contributed by atoms with van der Waals surface area (Å²) >= 11 is 0. The van der Waals surface area contributed by atoms with Crippen LogP contribution in [-0.4, -0.2) is 53.5 Å². The molecule has 9 N–H and O–H groups in total. The summed E-state index contributed by atoms with van der Waals surface area (Å²) in [5.41, 5.74) is 16.0. The van der Waals surface area contributed by atoms with Crippen LogP contribution < -0.4 is 37.9 Å². The number of benzene rings is 2. The Morgan fingerprint density at radius 1 is 1.21 bits per heavy atom. The predicted molar refractivity (Wildman–Crippen MR) is 172 cm³/mol. The molecule has 1 atom stereocenters. The number of phenolic OH excluding ortho intramolecular Hbond substituents is 1.